The molecule has 7 heteroatoms. The zero-order chi connectivity index (χ0) is 19.1. The Balaban J connectivity index is 1.33. The fraction of sp³-hybridized carbons (Fsp3) is 0.429. The lowest BCUT2D eigenvalue weighted by atomic mass is 10.2. The van der Waals surface area contributed by atoms with Crippen LogP contribution in [0.3, 0.4) is 0 Å². The summed E-state index contributed by atoms with van der Waals surface area (Å²) in [5.74, 6) is 1.65. The van der Waals surface area contributed by atoms with Crippen LogP contribution in [0.4, 0.5) is 11.5 Å². The van der Waals surface area contributed by atoms with Crippen LogP contribution < -0.4 is 15.4 Å². The first-order valence-electron chi connectivity index (χ1n) is 9.95. The highest BCUT2D eigenvalue weighted by Gasteiger charge is 2.23. The minimum absolute atomic E-state index is 0.0763. The number of benzene rings is 1. The number of hydrogen-bond acceptors (Lipinski definition) is 6. The number of fused-ring (bicyclic) bond motifs is 1. The largest absolute Gasteiger partial charge is 0.368 e. The van der Waals surface area contributed by atoms with Crippen LogP contribution in [0.15, 0.2) is 41.7 Å². The van der Waals surface area contributed by atoms with E-state index in [1.54, 1.807) is 17.2 Å². The maximum Gasteiger partial charge on any atom is 0.261 e. The summed E-state index contributed by atoms with van der Waals surface area (Å²) < 4.78 is 1.77. The lowest BCUT2D eigenvalue weighted by Gasteiger charge is -2.36. The summed E-state index contributed by atoms with van der Waals surface area (Å²) >= 11 is 0. The van der Waals surface area contributed by atoms with E-state index in [0.29, 0.717) is 11.3 Å². The second-order valence-electron chi connectivity index (χ2n) is 7.84. The van der Waals surface area contributed by atoms with E-state index in [-0.39, 0.29) is 5.56 Å². The van der Waals surface area contributed by atoms with Crippen LogP contribution in [0.25, 0.3) is 10.9 Å². The lowest BCUT2D eigenvalue weighted by molar-refractivity contribution is 0.602. The number of aryl methyl sites for hydroxylation is 1. The van der Waals surface area contributed by atoms with Crippen molar-refractivity contribution in [3.05, 3.63) is 53.0 Å². The molecule has 3 aromatic rings. The maximum absolute atomic E-state index is 12.7. The number of piperazine rings is 1. The average Bonchev–Trinajstić information content (AvgIpc) is 3.54. The summed E-state index contributed by atoms with van der Waals surface area (Å²) in [5, 5.41) is 0.710. The highest BCUT2D eigenvalue weighted by Crippen LogP contribution is 2.30. The fourth-order valence-electron chi connectivity index (χ4n) is 3.86. The summed E-state index contributed by atoms with van der Waals surface area (Å²) in [6.07, 6.45) is 5.79. The first-order valence-corrected chi connectivity index (χ1v) is 9.95. The summed E-state index contributed by atoms with van der Waals surface area (Å²) in [4.78, 5) is 30.5. The van der Waals surface area contributed by atoms with Gasteiger partial charge in [0.25, 0.3) is 5.56 Å². The predicted molar refractivity (Wildman–Crippen MR) is 110 cm³/mol. The van der Waals surface area contributed by atoms with Crippen LogP contribution in [0, 0.1) is 12.8 Å². The average molecular weight is 376 g/mol. The monoisotopic (exact) mass is 376 g/mol. The first-order chi connectivity index (χ1) is 13.7. The third-order valence-electron chi connectivity index (χ3n) is 5.72. The normalized spacial score (nSPS) is 17.3. The molecule has 3 heterocycles. The molecule has 0 bridgehead atoms. The second-order valence-corrected chi connectivity index (χ2v) is 7.84. The molecular formula is C21H24N6O. The number of aromatic nitrogens is 4. The molecular weight excluding hydrogens is 352 g/mol. The van der Waals surface area contributed by atoms with E-state index in [2.05, 4.69) is 30.8 Å². The van der Waals surface area contributed by atoms with Crippen molar-refractivity contribution in [2.75, 3.05) is 36.0 Å². The zero-order valence-corrected chi connectivity index (χ0v) is 16.1. The van der Waals surface area contributed by atoms with Crippen molar-refractivity contribution in [2.45, 2.75) is 26.3 Å². The Bertz CT molecular complexity index is 1070. The van der Waals surface area contributed by atoms with Crippen LogP contribution >= 0.6 is 0 Å². The molecule has 1 saturated carbocycles. The molecule has 0 atom stereocenters. The van der Waals surface area contributed by atoms with Crippen molar-refractivity contribution in [1.82, 2.24) is 19.5 Å². The van der Waals surface area contributed by atoms with Crippen molar-refractivity contribution >= 4 is 22.4 Å². The number of hydrogen-bond donors (Lipinski definition) is 0. The van der Waals surface area contributed by atoms with Gasteiger partial charge in [0, 0.05) is 50.2 Å². The molecule has 0 N–H and O–H groups in total. The van der Waals surface area contributed by atoms with E-state index < -0.39 is 0 Å². The van der Waals surface area contributed by atoms with Gasteiger partial charge >= 0.3 is 0 Å². The van der Waals surface area contributed by atoms with Crippen molar-refractivity contribution in [1.29, 1.82) is 0 Å². The summed E-state index contributed by atoms with van der Waals surface area (Å²) in [6.45, 7) is 6.42. The molecule has 2 fully saturated rings. The van der Waals surface area contributed by atoms with Crippen molar-refractivity contribution in [3.8, 4) is 0 Å². The molecule has 28 heavy (non-hydrogen) atoms. The van der Waals surface area contributed by atoms with E-state index >= 15 is 0 Å². The molecule has 5 rings (SSSR count). The maximum atomic E-state index is 12.7. The topological polar surface area (TPSA) is 67.2 Å². The number of nitrogens with zero attached hydrogens (tertiary/aromatic N) is 6. The van der Waals surface area contributed by atoms with Gasteiger partial charge in [-0.15, -0.1) is 0 Å². The van der Waals surface area contributed by atoms with Crippen LogP contribution in [-0.4, -0.2) is 45.7 Å². The Morgan fingerprint density at radius 3 is 2.54 bits per heavy atom. The summed E-state index contributed by atoms with van der Waals surface area (Å²) in [7, 11) is 0. The number of anilines is 2. The van der Waals surface area contributed by atoms with Crippen molar-refractivity contribution in [3.63, 3.8) is 0 Å². The molecule has 1 aromatic carbocycles. The molecule has 1 aliphatic carbocycles. The van der Waals surface area contributed by atoms with Gasteiger partial charge in [-0.3, -0.25) is 9.36 Å². The Kier molecular flexibility index (Phi) is 4.22. The molecule has 2 aromatic heterocycles. The van der Waals surface area contributed by atoms with Gasteiger partial charge in [-0.05, 0) is 43.9 Å². The van der Waals surface area contributed by atoms with E-state index in [1.165, 1.54) is 12.8 Å². The standard InChI is InChI=1S/C21H24N6O/c1-15-10-20(23-13-22-15)26-8-6-25(7-9-26)17-4-5-18-19(11-17)24-14-27(21(18)28)12-16-2-3-16/h4-5,10-11,13-14,16H,2-3,6-9,12H2,1H3. The third kappa shape index (κ3) is 3.32. The fourth-order valence-corrected chi connectivity index (χ4v) is 3.86. The van der Waals surface area contributed by atoms with Gasteiger partial charge in [0.2, 0.25) is 0 Å². The number of rotatable bonds is 4. The van der Waals surface area contributed by atoms with Crippen molar-refractivity contribution < 1.29 is 0 Å². The predicted octanol–water partition coefficient (Wildman–Crippen LogP) is 2.23. The van der Waals surface area contributed by atoms with Gasteiger partial charge in [0.15, 0.2) is 0 Å². The van der Waals surface area contributed by atoms with Gasteiger partial charge in [0.1, 0.15) is 12.1 Å². The smallest absolute Gasteiger partial charge is 0.261 e. The Morgan fingerprint density at radius 2 is 1.79 bits per heavy atom. The molecule has 1 saturated heterocycles. The van der Waals surface area contributed by atoms with Gasteiger partial charge in [-0.2, -0.15) is 0 Å². The van der Waals surface area contributed by atoms with Crippen LogP contribution in [0.2, 0.25) is 0 Å². The molecule has 0 radical (unpaired) electrons. The quantitative estimate of drug-likeness (QED) is 0.696. The van der Waals surface area contributed by atoms with E-state index in [9.17, 15) is 4.79 Å². The van der Waals surface area contributed by atoms with E-state index in [4.69, 9.17) is 0 Å². The van der Waals surface area contributed by atoms with Crippen LogP contribution in [0.5, 0.6) is 0 Å². The Hall–Kier alpha value is -2.96. The highest BCUT2D eigenvalue weighted by molar-refractivity contribution is 5.81. The second kappa shape index (κ2) is 6.89. The van der Waals surface area contributed by atoms with Gasteiger partial charge in [0.05, 0.1) is 17.2 Å². The highest BCUT2D eigenvalue weighted by atomic mass is 16.1. The molecule has 0 unspecified atom stereocenters. The molecule has 0 spiro atoms. The van der Waals surface area contributed by atoms with Gasteiger partial charge in [-0.25, -0.2) is 15.0 Å². The molecule has 0 amide bonds. The molecule has 2 aliphatic rings. The third-order valence-corrected chi connectivity index (χ3v) is 5.72. The van der Waals surface area contributed by atoms with E-state index in [1.807, 2.05) is 25.1 Å². The summed E-state index contributed by atoms with van der Waals surface area (Å²) in [5.41, 5.74) is 2.97. The van der Waals surface area contributed by atoms with Crippen molar-refractivity contribution in [2.24, 2.45) is 5.92 Å². The van der Waals surface area contributed by atoms with Gasteiger partial charge < -0.3 is 9.80 Å². The molecule has 1 aliphatic heterocycles. The minimum atomic E-state index is 0.0763. The Morgan fingerprint density at radius 1 is 1.00 bits per heavy atom. The van der Waals surface area contributed by atoms with E-state index in [0.717, 1.165) is 55.4 Å². The zero-order valence-electron chi connectivity index (χ0n) is 16.1. The molecule has 144 valence electrons. The van der Waals surface area contributed by atoms with Crippen LogP contribution in [-0.2, 0) is 6.54 Å². The van der Waals surface area contributed by atoms with Crippen LogP contribution in [0.1, 0.15) is 18.5 Å². The lowest BCUT2D eigenvalue weighted by Crippen LogP contribution is -2.46. The Labute approximate surface area is 163 Å². The molecule has 7 nitrogen and oxygen atoms in total. The first kappa shape index (κ1) is 17.2. The summed E-state index contributed by atoms with van der Waals surface area (Å²) in [6, 6.07) is 8.06. The SMILES string of the molecule is Cc1cc(N2CCN(c3ccc4c(=O)n(CC5CC5)cnc4c3)CC2)ncn1. The van der Waals surface area contributed by atoms with Gasteiger partial charge in [-0.1, -0.05) is 0 Å². The minimum Gasteiger partial charge on any atom is -0.368 e.